The van der Waals surface area contributed by atoms with Gasteiger partial charge in [-0.3, -0.25) is 4.90 Å². The largest absolute Gasteiger partial charge is 0.495 e. The molecule has 2 aromatic rings. The van der Waals surface area contributed by atoms with Crippen molar-refractivity contribution in [2.24, 2.45) is 9.98 Å². The van der Waals surface area contributed by atoms with Crippen LogP contribution in [0.4, 0.5) is 5.69 Å². The number of nitrogens with zero attached hydrogens (tertiary/aromatic N) is 3. The predicted octanol–water partition coefficient (Wildman–Crippen LogP) is 5.09. The Morgan fingerprint density at radius 1 is 1.12 bits per heavy atom. The molecule has 1 aliphatic rings. The smallest absolute Gasteiger partial charge is 0.270 e. The molecule has 7 heteroatoms. The number of aliphatic imine (C=N–C) groups is 2. The summed E-state index contributed by atoms with van der Waals surface area (Å²) in [5.41, 5.74) is 1.93. The first kappa shape index (κ1) is 17.1. The Morgan fingerprint density at radius 3 is 2.54 bits per heavy atom. The van der Waals surface area contributed by atoms with Crippen molar-refractivity contribution < 1.29 is 4.74 Å². The average Bonchev–Trinajstić information content (AvgIpc) is 2.57. The van der Waals surface area contributed by atoms with Gasteiger partial charge in [0.2, 0.25) is 5.29 Å². The highest BCUT2D eigenvalue weighted by Gasteiger charge is 2.39. The maximum absolute atomic E-state index is 6.84. The van der Waals surface area contributed by atoms with E-state index < -0.39 is 4.45 Å². The molecule has 0 spiro atoms. The molecule has 0 aromatic heterocycles. The van der Waals surface area contributed by atoms with Crippen LogP contribution in [0.5, 0.6) is 5.75 Å². The number of hydrogen-bond acceptors (Lipinski definition) is 5. The minimum atomic E-state index is -1.19. The highest BCUT2D eigenvalue weighted by Crippen LogP contribution is 2.46. The van der Waals surface area contributed by atoms with Gasteiger partial charge in [0.15, 0.2) is 0 Å². The first-order valence-corrected chi connectivity index (χ1v) is 8.75. The first-order valence-electron chi connectivity index (χ1n) is 7.18. The van der Waals surface area contributed by atoms with E-state index in [-0.39, 0.29) is 5.29 Å². The fourth-order valence-corrected chi connectivity index (χ4v) is 3.93. The van der Waals surface area contributed by atoms with Crippen molar-refractivity contribution in [1.82, 2.24) is 0 Å². The summed E-state index contributed by atoms with van der Waals surface area (Å²) in [6.45, 7) is 2.04. The minimum Gasteiger partial charge on any atom is -0.495 e. The normalized spacial score (nSPS) is 20.0. The van der Waals surface area contributed by atoms with Crippen molar-refractivity contribution in [3.8, 4) is 5.75 Å². The van der Waals surface area contributed by atoms with Crippen molar-refractivity contribution in [1.29, 1.82) is 0 Å². The van der Waals surface area contributed by atoms with Crippen LogP contribution in [0.3, 0.4) is 0 Å². The summed E-state index contributed by atoms with van der Waals surface area (Å²) in [5.74, 6) is 0.673. The van der Waals surface area contributed by atoms with Gasteiger partial charge in [-0.2, -0.15) is 0 Å². The van der Waals surface area contributed by atoms with Gasteiger partial charge in [-0.05, 0) is 42.8 Å². The number of ether oxygens (including phenoxy) is 1. The topological polar surface area (TPSA) is 37.2 Å². The van der Waals surface area contributed by atoms with Crippen LogP contribution in [0.25, 0.3) is 0 Å². The zero-order chi connectivity index (χ0) is 17.2. The summed E-state index contributed by atoms with van der Waals surface area (Å²) in [6, 6.07) is 15.6. The number of anilines is 1. The van der Waals surface area contributed by atoms with Gasteiger partial charge < -0.3 is 4.74 Å². The van der Waals surface area contributed by atoms with Crippen LogP contribution in [0.15, 0.2) is 63.4 Å². The molecule has 3 rings (SSSR count). The van der Waals surface area contributed by atoms with Crippen molar-refractivity contribution in [2.45, 2.75) is 16.3 Å². The molecule has 1 unspecified atom stereocenters. The zero-order valence-corrected chi connectivity index (χ0v) is 15.4. The number of hydrogen-bond donors (Lipinski definition) is 0. The number of amidine groups is 1. The highest BCUT2D eigenvalue weighted by molar-refractivity contribution is 8.02. The summed E-state index contributed by atoms with van der Waals surface area (Å²) < 4.78 is 4.24. The van der Waals surface area contributed by atoms with Gasteiger partial charge in [0.25, 0.3) is 4.45 Å². The molecule has 0 radical (unpaired) electrons. The maximum atomic E-state index is 6.84. The van der Waals surface area contributed by atoms with E-state index in [2.05, 4.69) is 9.98 Å². The van der Waals surface area contributed by atoms with Crippen LogP contribution in [-0.2, 0) is 0 Å². The Kier molecular flexibility index (Phi) is 5.04. The van der Waals surface area contributed by atoms with Gasteiger partial charge in [0.05, 0.1) is 12.8 Å². The number of para-hydroxylation sites is 2. The Hall–Kier alpha value is -1.69. The number of thioether (sulfide) groups is 1. The summed E-state index contributed by atoms with van der Waals surface area (Å²) >= 11 is 14.2. The van der Waals surface area contributed by atoms with Crippen molar-refractivity contribution >= 4 is 52.3 Å². The van der Waals surface area contributed by atoms with Crippen LogP contribution in [0, 0.1) is 6.92 Å². The standard InChI is InChI=1S/C17H15Cl2N3OS/c1-12-7-9-13(10-8-12)24-17(19)21-16(18)20-11-22(17)14-5-3-4-6-15(14)23-2/h3-11H,1-2H3. The van der Waals surface area contributed by atoms with Gasteiger partial charge in [-0.25, -0.2) is 9.98 Å². The Bertz CT molecular complexity index is 795. The number of rotatable bonds is 4. The molecule has 24 heavy (non-hydrogen) atoms. The fourth-order valence-electron chi connectivity index (χ4n) is 2.24. The SMILES string of the molecule is COc1ccccc1N1C=NC(Cl)=NC1(Cl)Sc1ccc(C)cc1. The quantitative estimate of drug-likeness (QED) is 0.548. The van der Waals surface area contributed by atoms with Crippen molar-refractivity contribution in [3.05, 3.63) is 54.1 Å². The molecule has 1 atom stereocenters. The number of halogens is 2. The Morgan fingerprint density at radius 2 is 1.83 bits per heavy atom. The van der Waals surface area contributed by atoms with Crippen LogP contribution in [0.2, 0.25) is 0 Å². The van der Waals surface area contributed by atoms with Gasteiger partial charge in [-0.1, -0.05) is 53.2 Å². The third-order valence-electron chi connectivity index (χ3n) is 3.42. The lowest BCUT2D eigenvalue weighted by atomic mass is 10.2. The second kappa shape index (κ2) is 7.05. The third-order valence-corrected chi connectivity index (χ3v) is 5.16. The summed E-state index contributed by atoms with van der Waals surface area (Å²) in [4.78, 5) is 11.1. The number of methoxy groups -OCH3 is 1. The maximum Gasteiger partial charge on any atom is 0.270 e. The zero-order valence-electron chi connectivity index (χ0n) is 13.1. The monoisotopic (exact) mass is 379 g/mol. The summed E-state index contributed by atoms with van der Waals surface area (Å²) in [6.07, 6.45) is 1.57. The number of benzene rings is 2. The molecule has 0 aliphatic carbocycles. The van der Waals surface area contributed by atoms with E-state index in [4.69, 9.17) is 27.9 Å². The van der Waals surface area contributed by atoms with Gasteiger partial charge >= 0.3 is 0 Å². The molecule has 1 heterocycles. The molecule has 0 N–H and O–H groups in total. The number of aryl methyl sites for hydroxylation is 1. The van der Waals surface area contributed by atoms with Gasteiger partial charge in [0, 0.05) is 4.90 Å². The van der Waals surface area contributed by atoms with E-state index in [0.717, 1.165) is 10.6 Å². The van der Waals surface area contributed by atoms with E-state index in [1.165, 1.54) is 17.3 Å². The van der Waals surface area contributed by atoms with Crippen LogP contribution in [0.1, 0.15) is 5.56 Å². The molecule has 4 nitrogen and oxygen atoms in total. The summed E-state index contributed by atoms with van der Waals surface area (Å²) in [7, 11) is 1.61. The average molecular weight is 380 g/mol. The molecule has 2 aromatic carbocycles. The second-order valence-corrected chi connectivity index (χ2v) is 7.45. The molecule has 0 saturated heterocycles. The molecular formula is C17H15Cl2N3OS. The van der Waals surface area contributed by atoms with Gasteiger partial charge in [-0.15, -0.1) is 0 Å². The molecule has 0 amide bonds. The van der Waals surface area contributed by atoms with Gasteiger partial charge in [0.1, 0.15) is 12.1 Å². The van der Waals surface area contributed by atoms with Crippen LogP contribution in [-0.4, -0.2) is 23.2 Å². The van der Waals surface area contributed by atoms with Crippen molar-refractivity contribution in [3.63, 3.8) is 0 Å². The van der Waals surface area contributed by atoms with E-state index >= 15 is 0 Å². The molecule has 0 saturated carbocycles. The lowest BCUT2D eigenvalue weighted by Gasteiger charge is -2.36. The molecule has 0 fully saturated rings. The lowest BCUT2D eigenvalue weighted by molar-refractivity contribution is 0.415. The molecular weight excluding hydrogens is 365 g/mol. The first-order chi connectivity index (χ1) is 11.5. The van der Waals surface area contributed by atoms with E-state index in [9.17, 15) is 0 Å². The molecule has 124 valence electrons. The fraction of sp³-hybridized carbons (Fsp3) is 0.176. The molecule has 0 bridgehead atoms. The van der Waals surface area contributed by atoms with E-state index in [1.54, 1.807) is 18.3 Å². The highest BCUT2D eigenvalue weighted by atomic mass is 35.5. The molecule has 1 aliphatic heterocycles. The van der Waals surface area contributed by atoms with Crippen LogP contribution < -0.4 is 9.64 Å². The van der Waals surface area contributed by atoms with E-state index in [0.29, 0.717) is 5.75 Å². The lowest BCUT2D eigenvalue weighted by Crippen LogP contribution is -2.42. The third kappa shape index (κ3) is 3.53. The predicted molar refractivity (Wildman–Crippen MR) is 103 cm³/mol. The minimum absolute atomic E-state index is 0.107. The second-order valence-electron chi connectivity index (χ2n) is 5.11. The van der Waals surface area contributed by atoms with Crippen molar-refractivity contribution in [2.75, 3.05) is 12.0 Å². The van der Waals surface area contributed by atoms with Crippen LogP contribution >= 0.6 is 35.0 Å². The Labute approximate surface area is 155 Å². The van der Waals surface area contributed by atoms with E-state index in [1.807, 2.05) is 55.5 Å². The summed E-state index contributed by atoms with van der Waals surface area (Å²) in [5, 5.41) is 0.107. The number of alkyl halides is 1. The Balaban J connectivity index is 2.01.